The summed E-state index contributed by atoms with van der Waals surface area (Å²) in [5, 5.41) is 0. The summed E-state index contributed by atoms with van der Waals surface area (Å²) in [6.07, 6.45) is 15.3. The molecule has 1 nitrogen and oxygen atoms in total. The molecule has 0 atom stereocenters. The van der Waals surface area contributed by atoms with Gasteiger partial charge in [-0.3, -0.25) is 0 Å². The van der Waals surface area contributed by atoms with Crippen LogP contribution in [0.5, 0.6) is 0 Å². The van der Waals surface area contributed by atoms with Crippen molar-refractivity contribution in [1.29, 1.82) is 0 Å². The Hall–Kier alpha value is -1.34. The Kier molecular flexibility index (Phi) is 8.17. The summed E-state index contributed by atoms with van der Waals surface area (Å²) in [4.78, 5) is 0. The molecule has 1 aromatic rings. The van der Waals surface area contributed by atoms with Gasteiger partial charge in [0.15, 0.2) is 0 Å². The van der Waals surface area contributed by atoms with E-state index >= 15 is 0 Å². The van der Waals surface area contributed by atoms with Gasteiger partial charge in [0.2, 0.25) is 0 Å². The summed E-state index contributed by atoms with van der Waals surface area (Å²) >= 11 is 0. The van der Waals surface area contributed by atoms with Crippen LogP contribution in [0.1, 0.15) is 68.9 Å². The van der Waals surface area contributed by atoms with E-state index in [1.54, 1.807) is 0 Å². The van der Waals surface area contributed by atoms with E-state index in [1.807, 2.05) is 6.92 Å². The van der Waals surface area contributed by atoms with Gasteiger partial charge >= 0.3 is 0 Å². The largest absolute Gasteiger partial charge is 0.376 e. The van der Waals surface area contributed by atoms with Gasteiger partial charge in [-0.25, -0.2) is 0 Å². The fourth-order valence-electron chi connectivity index (χ4n) is 3.53. The normalized spacial score (nSPS) is 21.6. The third kappa shape index (κ3) is 6.35. The maximum absolute atomic E-state index is 5.70. The van der Waals surface area contributed by atoms with E-state index in [1.165, 1.54) is 49.7 Å². The SMILES string of the molecule is C=CCC[C@H]1CC[C@H](c2ccc(COCC/C=C/C)cc2)CC1. The van der Waals surface area contributed by atoms with E-state index in [-0.39, 0.29) is 0 Å². The lowest BCUT2D eigenvalue weighted by atomic mass is 9.77. The Morgan fingerprint density at radius 2 is 1.83 bits per heavy atom. The molecule has 0 N–H and O–H groups in total. The summed E-state index contributed by atoms with van der Waals surface area (Å²) in [7, 11) is 0. The molecule has 1 heteroatoms. The van der Waals surface area contributed by atoms with Gasteiger partial charge in [0.1, 0.15) is 0 Å². The predicted octanol–water partition coefficient (Wildman–Crippen LogP) is 6.41. The number of rotatable bonds is 9. The fourth-order valence-corrected chi connectivity index (χ4v) is 3.53. The third-order valence-corrected chi connectivity index (χ3v) is 5.01. The van der Waals surface area contributed by atoms with Crippen LogP contribution in [0.15, 0.2) is 49.1 Å². The number of benzene rings is 1. The second-order valence-corrected chi connectivity index (χ2v) is 6.74. The number of hydrogen-bond donors (Lipinski definition) is 0. The van der Waals surface area contributed by atoms with Crippen LogP contribution in [0.3, 0.4) is 0 Å². The van der Waals surface area contributed by atoms with E-state index in [9.17, 15) is 0 Å². The van der Waals surface area contributed by atoms with Crippen molar-refractivity contribution in [2.45, 2.75) is 64.4 Å². The van der Waals surface area contributed by atoms with E-state index in [2.05, 4.69) is 49.1 Å². The molecule has 0 aromatic heterocycles. The molecule has 126 valence electrons. The highest BCUT2D eigenvalue weighted by Gasteiger charge is 2.21. The summed E-state index contributed by atoms with van der Waals surface area (Å²) < 4.78 is 5.70. The molecule has 0 radical (unpaired) electrons. The van der Waals surface area contributed by atoms with Crippen molar-refractivity contribution in [3.63, 3.8) is 0 Å². The average molecular weight is 312 g/mol. The van der Waals surface area contributed by atoms with Crippen LogP contribution in [0, 0.1) is 5.92 Å². The van der Waals surface area contributed by atoms with Gasteiger partial charge < -0.3 is 4.74 Å². The Balaban J connectivity index is 1.73. The van der Waals surface area contributed by atoms with Crippen molar-refractivity contribution in [3.8, 4) is 0 Å². The van der Waals surface area contributed by atoms with Crippen molar-refractivity contribution in [2.24, 2.45) is 5.92 Å². The number of ether oxygens (including phenoxy) is 1. The minimum atomic E-state index is 0.728. The lowest BCUT2D eigenvalue weighted by molar-refractivity contribution is 0.125. The molecule has 0 spiro atoms. The van der Waals surface area contributed by atoms with Gasteiger partial charge in [-0.15, -0.1) is 6.58 Å². The zero-order valence-electron chi connectivity index (χ0n) is 14.7. The Morgan fingerprint density at radius 3 is 2.48 bits per heavy atom. The smallest absolute Gasteiger partial charge is 0.0717 e. The van der Waals surface area contributed by atoms with E-state index in [0.29, 0.717) is 0 Å². The van der Waals surface area contributed by atoms with E-state index < -0.39 is 0 Å². The quantitative estimate of drug-likeness (QED) is 0.378. The maximum Gasteiger partial charge on any atom is 0.0717 e. The average Bonchev–Trinajstić information content (AvgIpc) is 2.61. The van der Waals surface area contributed by atoms with Crippen molar-refractivity contribution in [2.75, 3.05) is 6.61 Å². The van der Waals surface area contributed by atoms with Crippen LogP contribution in [0.4, 0.5) is 0 Å². The van der Waals surface area contributed by atoms with Crippen LogP contribution < -0.4 is 0 Å². The first-order valence-electron chi connectivity index (χ1n) is 9.22. The standard InChI is InChI=1S/C22H32O/c1-3-5-7-17-23-18-20-11-15-22(16-12-20)21-13-9-19(10-14-21)8-6-4-2/h3-5,11-12,15-16,19,21H,2,6-10,13-14,17-18H2,1H3/b5-3+/t19-,21-. The molecule has 0 bridgehead atoms. The van der Waals surface area contributed by atoms with Crippen molar-refractivity contribution >= 4 is 0 Å². The first-order chi connectivity index (χ1) is 11.3. The van der Waals surface area contributed by atoms with Gasteiger partial charge in [0.05, 0.1) is 13.2 Å². The first-order valence-corrected chi connectivity index (χ1v) is 9.22. The summed E-state index contributed by atoms with van der Waals surface area (Å²) in [5.74, 6) is 1.69. The molecule has 23 heavy (non-hydrogen) atoms. The minimum Gasteiger partial charge on any atom is -0.376 e. The van der Waals surface area contributed by atoms with Crippen molar-refractivity contribution in [3.05, 3.63) is 60.2 Å². The van der Waals surface area contributed by atoms with Gasteiger partial charge in [-0.05, 0) is 74.8 Å². The molecule has 1 aromatic carbocycles. The molecule has 2 rings (SSSR count). The van der Waals surface area contributed by atoms with Gasteiger partial charge in [0.25, 0.3) is 0 Å². The molecular formula is C22H32O. The molecule has 1 fully saturated rings. The highest BCUT2D eigenvalue weighted by Crippen LogP contribution is 2.37. The second-order valence-electron chi connectivity index (χ2n) is 6.74. The van der Waals surface area contributed by atoms with Gasteiger partial charge in [-0.1, -0.05) is 42.5 Å². The van der Waals surface area contributed by atoms with Gasteiger partial charge in [-0.2, -0.15) is 0 Å². The predicted molar refractivity (Wildman–Crippen MR) is 99.7 cm³/mol. The van der Waals surface area contributed by atoms with Crippen LogP contribution in [-0.4, -0.2) is 6.61 Å². The van der Waals surface area contributed by atoms with Crippen LogP contribution in [0.2, 0.25) is 0 Å². The van der Waals surface area contributed by atoms with E-state index in [0.717, 1.165) is 31.5 Å². The monoisotopic (exact) mass is 312 g/mol. The maximum atomic E-state index is 5.70. The zero-order valence-corrected chi connectivity index (χ0v) is 14.7. The molecule has 0 saturated heterocycles. The molecule has 0 aliphatic heterocycles. The molecule has 1 aliphatic rings. The number of hydrogen-bond acceptors (Lipinski definition) is 1. The van der Waals surface area contributed by atoms with Crippen LogP contribution in [-0.2, 0) is 11.3 Å². The topological polar surface area (TPSA) is 9.23 Å². The molecule has 0 amide bonds. The highest BCUT2D eigenvalue weighted by atomic mass is 16.5. The van der Waals surface area contributed by atoms with Crippen molar-refractivity contribution in [1.82, 2.24) is 0 Å². The Labute approximate surface area is 142 Å². The Morgan fingerprint density at radius 1 is 1.09 bits per heavy atom. The summed E-state index contributed by atoms with van der Waals surface area (Å²) in [6, 6.07) is 9.13. The lowest BCUT2D eigenvalue weighted by Gasteiger charge is -2.28. The third-order valence-electron chi connectivity index (χ3n) is 5.01. The zero-order chi connectivity index (χ0) is 16.3. The van der Waals surface area contributed by atoms with Crippen LogP contribution >= 0.6 is 0 Å². The minimum absolute atomic E-state index is 0.728. The summed E-state index contributed by atoms with van der Waals surface area (Å²) in [5.41, 5.74) is 2.80. The summed E-state index contributed by atoms with van der Waals surface area (Å²) in [6.45, 7) is 7.42. The van der Waals surface area contributed by atoms with Crippen molar-refractivity contribution < 1.29 is 4.74 Å². The van der Waals surface area contributed by atoms with E-state index in [4.69, 9.17) is 4.74 Å². The molecule has 0 unspecified atom stereocenters. The fraction of sp³-hybridized carbons (Fsp3) is 0.545. The van der Waals surface area contributed by atoms with Crippen LogP contribution in [0.25, 0.3) is 0 Å². The van der Waals surface area contributed by atoms with Gasteiger partial charge in [0, 0.05) is 0 Å². The number of allylic oxidation sites excluding steroid dienone is 2. The molecule has 0 heterocycles. The Bertz CT molecular complexity index is 463. The lowest BCUT2D eigenvalue weighted by Crippen LogP contribution is -2.13. The second kappa shape index (κ2) is 10.4. The molecule has 1 saturated carbocycles. The molecule has 1 aliphatic carbocycles. The first kappa shape index (κ1) is 18.0. The highest BCUT2D eigenvalue weighted by molar-refractivity contribution is 5.25. The molecular weight excluding hydrogens is 280 g/mol.